The van der Waals surface area contributed by atoms with E-state index in [0.717, 1.165) is 56.0 Å². The number of hydrogen-bond acceptors (Lipinski definition) is 2. The van der Waals surface area contributed by atoms with E-state index < -0.39 is 0 Å². The van der Waals surface area contributed by atoms with Gasteiger partial charge in [-0.25, -0.2) is 0 Å². The molecule has 26 heavy (non-hydrogen) atoms. The van der Waals surface area contributed by atoms with E-state index in [2.05, 4.69) is 42.5 Å². The van der Waals surface area contributed by atoms with Gasteiger partial charge in [-0.3, -0.25) is 9.79 Å². The van der Waals surface area contributed by atoms with Crippen molar-refractivity contribution < 1.29 is 4.79 Å². The van der Waals surface area contributed by atoms with Crippen molar-refractivity contribution in [3.8, 4) is 0 Å². The molecule has 0 saturated carbocycles. The Hall–Kier alpha value is -1.31. The number of halogens is 1. The highest BCUT2D eigenvalue weighted by Crippen LogP contribution is 2.08. The molecule has 1 amide bonds. The monoisotopic (exact) mass is 474 g/mol. The predicted molar refractivity (Wildman–Crippen MR) is 122 cm³/mol. The van der Waals surface area contributed by atoms with Gasteiger partial charge in [0.2, 0.25) is 0 Å². The lowest BCUT2D eigenvalue weighted by Crippen LogP contribution is -2.38. The van der Waals surface area contributed by atoms with Gasteiger partial charge < -0.3 is 15.5 Å². The number of rotatable bonds is 9. The maximum atomic E-state index is 12.1. The van der Waals surface area contributed by atoms with Crippen LogP contribution in [-0.2, 0) is 6.42 Å². The van der Waals surface area contributed by atoms with E-state index in [-0.39, 0.29) is 29.9 Å². The minimum Gasteiger partial charge on any atom is -0.357 e. The first-order valence-electron chi connectivity index (χ1n) is 9.34. The molecular formula is C20H35IN4O. The molecule has 1 rings (SSSR count). The number of carbonyl (C=O) groups excluding carboxylic acids is 1. The van der Waals surface area contributed by atoms with Crippen LogP contribution >= 0.6 is 24.0 Å². The van der Waals surface area contributed by atoms with E-state index in [1.807, 2.05) is 18.2 Å². The number of amides is 1. The molecule has 6 heteroatoms. The van der Waals surface area contributed by atoms with E-state index in [0.29, 0.717) is 5.92 Å². The lowest BCUT2D eigenvalue weighted by molar-refractivity contribution is 0.0827. The van der Waals surface area contributed by atoms with Crippen molar-refractivity contribution in [3.63, 3.8) is 0 Å². The van der Waals surface area contributed by atoms with E-state index in [1.165, 1.54) is 0 Å². The Morgan fingerprint density at radius 3 is 2.42 bits per heavy atom. The molecule has 0 aromatic heterocycles. The molecule has 0 unspecified atom stereocenters. The average molecular weight is 474 g/mol. The van der Waals surface area contributed by atoms with Crippen molar-refractivity contribution in [2.75, 3.05) is 33.7 Å². The Bertz CT molecular complexity index is 556. The molecule has 1 aromatic carbocycles. The first kappa shape index (κ1) is 24.7. The molecule has 0 saturated heterocycles. The molecule has 1 aromatic rings. The smallest absolute Gasteiger partial charge is 0.253 e. The molecule has 0 fully saturated rings. The van der Waals surface area contributed by atoms with Gasteiger partial charge in [-0.1, -0.05) is 38.8 Å². The molecule has 0 radical (unpaired) electrons. The van der Waals surface area contributed by atoms with Crippen LogP contribution in [0.1, 0.15) is 49.5 Å². The van der Waals surface area contributed by atoms with Gasteiger partial charge in [0.05, 0.1) is 0 Å². The molecular weight excluding hydrogens is 439 g/mol. The van der Waals surface area contributed by atoms with Crippen LogP contribution in [-0.4, -0.2) is 50.5 Å². The molecule has 148 valence electrons. The van der Waals surface area contributed by atoms with Gasteiger partial charge in [-0.15, -0.1) is 24.0 Å². The lowest BCUT2D eigenvalue weighted by Gasteiger charge is -2.14. The van der Waals surface area contributed by atoms with Gasteiger partial charge >= 0.3 is 0 Å². The number of benzene rings is 1. The summed E-state index contributed by atoms with van der Waals surface area (Å²) < 4.78 is 0. The fraction of sp³-hybridized carbons (Fsp3) is 0.600. The maximum Gasteiger partial charge on any atom is 0.253 e. The summed E-state index contributed by atoms with van der Waals surface area (Å²) >= 11 is 0. The minimum absolute atomic E-state index is 0. The zero-order valence-electron chi connectivity index (χ0n) is 16.8. The van der Waals surface area contributed by atoms with Gasteiger partial charge in [0.25, 0.3) is 5.91 Å². The van der Waals surface area contributed by atoms with Gasteiger partial charge in [-0.2, -0.15) is 0 Å². The number of hydrogen-bond donors (Lipinski definition) is 2. The van der Waals surface area contributed by atoms with Gasteiger partial charge in [-0.05, 0) is 37.0 Å². The van der Waals surface area contributed by atoms with Crippen LogP contribution in [0.25, 0.3) is 0 Å². The highest BCUT2D eigenvalue weighted by molar-refractivity contribution is 14.0. The van der Waals surface area contributed by atoms with E-state index in [1.54, 1.807) is 19.0 Å². The maximum absolute atomic E-state index is 12.1. The molecule has 0 spiro atoms. The fourth-order valence-electron chi connectivity index (χ4n) is 2.55. The zero-order valence-corrected chi connectivity index (χ0v) is 19.2. The van der Waals surface area contributed by atoms with Crippen molar-refractivity contribution >= 4 is 35.8 Å². The standard InChI is InChI=1S/C20H34N4O.HI/c1-6-16(7-2)15-23-20(21-8-3)22-13-12-17-10-9-11-18(14-17)19(25)24(4)5;/h9-11,14,16H,6-8,12-13,15H2,1-5H3,(H2,21,22,23);1H. The van der Waals surface area contributed by atoms with Gasteiger partial charge in [0.1, 0.15) is 0 Å². The Balaban J connectivity index is 0.00000625. The second kappa shape index (κ2) is 13.8. The Labute approximate surface area is 176 Å². The Kier molecular flexibility index (Phi) is 13.1. The number of aliphatic imine (C=N–C) groups is 1. The predicted octanol–water partition coefficient (Wildman–Crippen LogP) is 3.54. The van der Waals surface area contributed by atoms with E-state index >= 15 is 0 Å². The first-order valence-corrected chi connectivity index (χ1v) is 9.34. The molecule has 0 aliphatic rings. The van der Waals surface area contributed by atoms with Crippen LogP contribution in [0.5, 0.6) is 0 Å². The number of nitrogens with zero attached hydrogens (tertiary/aromatic N) is 2. The number of guanidine groups is 1. The molecule has 5 nitrogen and oxygen atoms in total. The Morgan fingerprint density at radius 1 is 1.15 bits per heavy atom. The molecule has 0 atom stereocenters. The van der Waals surface area contributed by atoms with Crippen LogP contribution < -0.4 is 10.6 Å². The largest absolute Gasteiger partial charge is 0.357 e. The van der Waals surface area contributed by atoms with Crippen molar-refractivity contribution in [2.45, 2.75) is 40.0 Å². The first-order chi connectivity index (χ1) is 12.0. The summed E-state index contributed by atoms with van der Waals surface area (Å²) in [5, 5.41) is 6.68. The SMILES string of the molecule is CCNC(=NCC(CC)CC)NCCc1cccc(C(=O)N(C)C)c1.I. The molecule has 0 aliphatic carbocycles. The molecule has 0 heterocycles. The van der Waals surface area contributed by atoms with Crippen LogP contribution in [0.3, 0.4) is 0 Å². The Morgan fingerprint density at radius 2 is 1.85 bits per heavy atom. The van der Waals surface area contributed by atoms with Crippen molar-refractivity contribution in [2.24, 2.45) is 10.9 Å². The van der Waals surface area contributed by atoms with Crippen LogP contribution in [0.2, 0.25) is 0 Å². The third kappa shape index (κ3) is 8.87. The normalized spacial score (nSPS) is 11.1. The van der Waals surface area contributed by atoms with E-state index in [9.17, 15) is 4.79 Å². The summed E-state index contributed by atoms with van der Waals surface area (Å²) in [5.41, 5.74) is 1.88. The van der Waals surface area contributed by atoms with E-state index in [4.69, 9.17) is 0 Å². The minimum atomic E-state index is 0. The number of nitrogens with one attached hydrogen (secondary N) is 2. The van der Waals surface area contributed by atoms with Crippen molar-refractivity contribution in [1.82, 2.24) is 15.5 Å². The highest BCUT2D eigenvalue weighted by Gasteiger charge is 2.08. The molecule has 2 N–H and O–H groups in total. The quantitative estimate of drug-likeness (QED) is 0.327. The fourth-order valence-corrected chi connectivity index (χ4v) is 2.55. The van der Waals surface area contributed by atoms with Gasteiger partial charge in [0.15, 0.2) is 5.96 Å². The average Bonchev–Trinajstić information content (AvgIpc) is 2.62. The highest BCUT2D eigenvalue weighted by atomic mass is 127. The second-order valence-electron chi connectivity index (χ2n) is 6.48. The lowest BCUT2D eigenvalue weighted by atomic mass is 10.0. The second-order valence-corrected chi connectivity index (χ2v) is 6.48. The third-order valence-electron chi connectivity index (χ3n) is 4.29. The summed E-state index contributed by atoms with van der Waals surface area (Å²) in [6.07, 6.45) is 3.17. The summed E-state index contributed by atoms with van der Waals surface area (Å²) in [6.45, 7) is 8.99. The molecule has 0 bridgehead atoms. The topological polar surface area (TPSA) is 56.7 Å². The third-order valence-corrected chi connectivity index (χ3v) is 4.29. The van der Waals surface area contributed by atoms with Gasteiger partial charge in [0, 0.05) is 39.3 Å². The zero-order chi connectivity index (χ0) is 18.7. The van der Waals surface area contributed by atoms with Crippen molar-refractivity contribution in [3.05, 3.63) is 35.4 Å². The van der Waals surface area contributed by atoms with Crippen LogP contribution in [0, 0.1) is 5.92 Å². The van der Waals surface area contributed by atoms with Crippen LogP contribution in [0.15, 0.2) is 29.3 Å². The van der Waals surface area contributed by atoms with Crippen molar-refractivity contribution in [1.29, 1.82) is 0 Å². The summed E-state index contributed by atoms with van der Waals surface area (Å²) in [4.78, 5) is 18.3. The number of carbonyl (C=O) groups is 1. The van der Waals surface area contributed by atoms with Crippen LogP contribution in [0.4, 0.5) is 0 Å². The molecule has 0 aliphatic heterocycles. The summed E-state index contributed by atoms with van der Waals surface area (Å²) in [5.74, 6) is 1.55. The summed E-state index contributed by atoms with van der Waals surface area (Å²) in [7, 11) is 3.55. The summed E-state index contributed by atoms with van der Waals surface area (Å²) in [6, 6.07) is 7.83.